The second kappa shape index (κ2) is 8.21. The third kappa shape index (κ3) is 11.9. The van der Waals surface area contributed by atoms with E-state index in [-0.39, 0.29) is 0 Å². The van der Waals surface area contributed by atoms with Crippen LogP contribution in [0.4, 0.5) is 0 Å². The average Bonchev–Trinajstić information content (AvgIpc) is 2.08. The van der Waals surface area contributed by atoms with Gasteiger partial charge in [-0.15, -0.1) is 6.58 Å². The quantitative estimate of drug-likeness (QED) is 0.335. The van der Waals surface area contributed by atoms with Gasteiger partial charge >= 0.3 is 0 Å². The van der Waals surface area contributed by atoms with Gasteiger partial charge in [0.1, 0.15) is 0 Å². The summed E-state index contributed by atoms with van der Waals surface area (Å²) in [6.45, 7) is 12.7. The number of hydrogen-bond acceptors (Lipinski definition) is 2. The molecule has 0 rings (SSSR count). The average molecular weight is 216 g/mol. The van der Waals surface area contributed by atoms with E-state index in [1.165, 1.54) is 6.42 Å². The van der Waals surface area contributed by atoms with Gasteiger partial charge in [-0.25, -0.2) is 0 Å². The molecule has 0 atom stereocenters. The van der Waals surface area contributed by atoms with Crippen molar-refractivity contribution in [2.75, 3.05) is 19.8 Å². The van der Waals surface area contributed by atoms with Crippen molar-refractivity contribution in [2.45, 2.75) is 38.9 Å². The molecule has 0 unspecified atom stereocenters. The fourth-order valence-corrected chi connectivity index (χ4v) is 1.78. The van der Waals surface area contributed by atoms with Crippen LogP contribution in [-0.4, -0.2) is 28.1 Å². The van der Waals surface area contributed by atoms with E-state index in [1.54, 1.807) is 6.08 Å². The molecule has 0 spiro atoms. The summed E-state index contributed by atoms with van der Waals surface area (Å²) in [5.41, 5.74) is 0. The third-order valence-corrected chi connectivity index (χ3v) is 2.77. The molecule has 84 valence electrons. The lowest BCUT2D eigenvalue weighted by Gasteiger charge is -2.16. The molecule has 0 saturated heterocycles. The highest BCUT2D eigenvalue weighted by molar-refractivity contribution is 6.69. The Bertz CT molecular complexity index is 141. The zero-order chi connectivity index (χ0) is 10.9. The maximum Gasteiger partial charge on any atom is 0.183 e. The minimum absolute atomic E-state index is 0.672. The molecule has 0 aliphatic rings. The van der Waals surface area contributed by atoms with Crippen LogP contribution in [0, 0.1) is 0 Å². The summed E-state index contributed by atoms with van der Waals surface area (Å²) in [6, 6.07) is 0. The normalized spacial score (nSPS) is 11.6. The zero-order valence-corrected chi connectivity index (χ0v) is 10.8. The maximum absolute atomic E-state index is 5.74. The van der Waals surface area contributed by atoms with E-state index >= 15 is 0 Å². The van der Waals surface area contributed by atoms with Crippen LogP contribution in [0.25, 0.3) is 0 Å². The lowest BCUT2D eigenvalue weighted by Crippen LogP contribution is -2.25. The van der Waals surface area contributed by atoms with Crippen LogP contribution in [0.5, 0.6) is 0 Å². The molecule has 0 aromatic rings. The molecule has 0 aliphatic heterocycles. The molecule has 14 heavy (non-hydrogen) atoms. The fourth-order valence-electron chi connectivity index (χ4n) is 1.03. The number of hydrogen-bond donors (Lipinski definition) is 0. The second-order valence-electron chi connectivity index (χ2n) is 4.39. The van der Waals surface area contributed by atoms with Gasteiger partial charge in [0.15, 0.2) is 8.32 Å². The van der Waals surface area contributed by atoms with Gasteiger partial charge in [0.25, 0.3) is 0 Å². The first-order chi connectivity index (χ1) is 6.56. The molecule has 0 aromatic heterocycles. The van der Waals surface area contributed by atoms with E-state index in [0.717, 1.165) is 26.1 Å². The van der Waals surface area contributed by atoms with Gasteiger partial charge in [-0.2, -0.15) is 0 Å². The van der Waals surface area contributed by atoms with E-state index in [1.807, 2.05) is 0 Å². The van der Waals surface area contributed by atoms with Crippen LogP contribution < -0.4 is 0 Å². The van der Waals surface area contributed by atoms with Crippen LogP contribution in [0.15, 0.2) is 12.7 Å². The summed E-state index contributed by atoms with van der Waals surface area (Å²) in [4.78, 5) is 0. The van der Waals surface area contributed by atoms with Gasteiger partial charge in [0.2, 0.25) is 0 Å². The molecular weight excluding hydrogens is 192 g/mol. The van der Waals surface area contributed by atoms with Gasteiger partial charge in [-0.05, 0) is 38.9 Å². The van der Waals surface area contributed by atoms with Crippen molar-refractivity contribution < 1.29 is 9.16 Å². The van der Waals surface area contributed by atoms with Crippen LogP contribution in [-0.2, 0) is 9.16 Å². The Balaban J connectivity index is 3.03. The fraction of sp³-hybridized carbons (Fsp3) is 0.818. The molecule has 0 heterocycles. The number of ether oxygens (including phenoxy) is 1. The van der Waals surface area contributed by atoms with E-state index in [4.69, 9.17) is 9.16 Å². The van der Waals surface area contributed by atoms with Crippen LogP contribution >= 0.6 is 0 Å². The van der Waals surface area contributed by atoms with Crippen molar-refractivity contribution in [3.8, 4) is 0 Å². The van der Waals surface area contributed by atoms with Crippen molar-refractivity contribution in [3.05, 3.63) is 12.7 Å². The molecule has 0 fully saturated rings. The predicted molar refractivity (Wildman–Crippen MR) is 64.2 cm³/mol. The molecule has 3 heteroatoms. The lowest BCUT2D eigenvalue weighted by molar-refractivity contribution is 0.155. The Hall–Kier alpha value is -0.123. The minimum Gasteiger partial charge on any atom is -0.418 e. The molecule has 0 aromatic carbocycles. The standard InChI is InChI=1S/C11H24O2Si/c1-5-9-12-10-7-6-8-11-13-14(2,3)4/h5H,1,6-11H2,2-4H3. The summed E-state index contributed by atoms with van der Waals surface area (Å²) < 4.78 is 11.0. The van der Waals surface area contributed by atoms with E-state index < -0.39 is 8.32 Å². The van der Waals surface area contributed by atoms with Crippen LogP contribution in [0.2, 0.25) is 19.6 Å². The molecule has 0 N–H and O–H groups in total. The summed E-state index contributed by atoms with van der Waals surface area (Å²) >= 11 is 0. The van der Waals surface area contributed by atoms with Gasteiger partial charge in [-0.3, -0.25) is 0 Å². The topological polar surface area (TPSA) is 18.5 Å². The van der Waals surface area contributed by atoms with Crippen molar-refractivity contribution in [1.82, 2.24) is 0 Å². The largest absolute Gasteiger partial charge is 0.418 e. The van der Waals surface area contributed by atoms with E-state index in [0.29, 0.717) is 6.61 Å². The Morgan fingerprint density at radius 1 is 1.07 bits per heavy atom. The molecule has 2 nitrogen and oxygen atoms in total. The summed E-state index contributed by atoms with van der Waals surface area (Å²) in [5.74, 6) is 0. The molecule has 0 saturated carbocycles. The first kappa shape index (κ1) is 13.9. The van der Waals surface area contributed by atoms with E-state index in [9.17, 15) is 0 Å². The Labute approximate surface area is 89.4 Å². The van der Waals surface area contributed by atoms with Crippen LogP contribution in [0.1, 0.15) is 19.3 Å². The summed E-state index contributed by atoms with van der Waals surface area (Å²) in [7, 11) is -1.28. The Kier molecular flexibility index (Phi) is 8.13. The highest BCUT2D eigenvalue weighted by Gasteiger charge is 2.12. The van der Waals surface area contributed by atoms with Crippen molar-refractivity contribution in [1.29, 1.82) is 0 Å². The van der Waals surface area contributed by atoms with Crippen molar-refractivity contribution in [3.63, 3.8) is 0 Å². The number of unbranched alkanes of at least 4 members (excludes halogenated alkanes) is 2. The SMILES string of the molecule is C=CCOCCCCCO[Si](C)(C)C. The van der Waals surface area contributed by atoms with Gasteiger partial charge < -0.3 is 9.16 Å². The molecule has 0 aliphatic carbocycles. The summed E-state index contributed by atoms with van der Waals surface area (Å²) in [5, 5.41) is 0. The Morgan fingerprint density at radius 3 is 2.29 bits per heavy atom. The van der Waals surface area contributed by atoms with Crippen molar-refractivity contribution in [2.24, 2.45) is 0 Å². The second-order valence-corrected chi connectivity index (χ2v) is 8.90. The molecule has 0 radical (unpaired) electrons. The predicted octanol–water partition coefficient (Wildman–Crippen LogP) is 3.21. The summed E-state index contributed by atoms with van der Waals surface area (Å²) in [6.07, 6.45) is 5.26. The molecule has 0 bridgehead atoms. The first-order valence-corrected chi connectivity index (χ1v) is 8.79. The highest BCUT2D eigenvalue weighted by atomic mass is 28.4. The smallest absolute Gasteiger partial charge is 0.183 e. The minimum atomic E-state index is -1.28. The molecular formula is C11H24O2Si. The monoisotopic (exact) mass is 216 g/mol. The molecule has 0 amide bonds. The van der Waals surface area contributed by atoms with Gasteiger partial charge in [0, 0.05) is 13.2 Å². The maximum atomic E-state index is 5.74. The lowest BCUT2D eigenvalue weighted by atomic mass is 10.2. The third-order valence-electron chi connectivity index (χ3n) is 1.70. The Morgan fingerprint density at radius 2 is 1.71 bits per heavy atom. The van der Waals surface area contributed by atoms with Crippen LogP contribution in [0.3, 0.4) is 0 Å². The highest BCUT2D eigenvalue weighted by Crippen LogP contribution is 2.05. The first-order valence-electron chi connectivity index (χ1n) is 5.39. The van der Waals surface area contributed by atoms with Gasteiger partial charge in [-0.1, -0.05) is 6.08 Å². The number of rotatable bonds is 9. The zero-order valence-electron chi connectivity index (χ0n) is 9.84. The van der Waals surface area contributed by atoms with Gasteiger partial charge in [0.05, 0.1) is 6.61 Å². The van der Waals surface area contributed by atoms with E-state index in [2.05, 4.69) is 26.2 Å². The van der Waals surface area contributed by atoms with Crippen molar-refractivity contribution >= 4 is 8.32 Å².